The third-order valence-corrected chi connectivity index (χ3v) is 4.64. The van der Waals surface area contributed by atoms with E-state index in [1.165, 1.54) is 6.42 Å². The lowest BCUT2D eigenvalue weighted by Crippen LogP contribution is -2.51. The summed E-state index contributed by atoms with van der Waals surface area (Å²) in [6.07, 6.45) is 3.15. The zero-order valence-corrected chi connectivity index (χ0v) is 13.7. The second-order valence-corrected chi connectivity index (χ2v) is 6.30. The minimum atomic E-state index is -0.174. The standard InChI is InChI=1S/C18H26N2O3/c21-18(23-15-16-6-2-1-3-7-16)20-9-5-4-8-17(20)14-19-10-12-22-13-11-19/h1-3,6-7,17H,4-5,8-15H2. The third kappa shape index (κ3) is 4.69. The maximum Gasteiger partial charge on any atom is 0.410 e. The van der Waals surface area contributed by atoms with E-state index in [-0.39, 0.29) is 12.1 Å². The average Bonchev–Trinajstić information content (AvgIpc) is 2.62. The maximum absolute atomic E-state index is 12.5. The van der Waals surface area contributed by atoms with Gasteiger partial charge in [-0.05, 0) is 24.8 Å². The van der Waals surface area contributed by atoms with E-state index in [1.54, 1.807) is 0 Å². The van der Waals surface area contributed by atoms with Crippen molar-refractivity contribution in [3.63, 3.8) is 0 Å². The number of ether oxygens (including phenoxy) is 2. The summed E-state index contributed by atoms with van der Waals surface area (Å²) in [5.41, 5.74) is 1.03. The van der Waals surface area contributed by atoms with Crippen molar-refractivity contribution in [1.82, 2.24) is 9.80 Å². The molecule has 2 aliphatic heterocycles. The molecule has 126 valence electrons. The SMILES string of the molecule is O=C(OCc1ccccc1)N1CCCCC1CN1CCOCC1. The van der Waals surface area contributed by atoms with E-state index in [2.05, 4.69) is 4.90 Å². The number of carbonyl (C=O) groups is 1. The minimum Gasteiger partial charge on any atom is -0.445 e. The van der Waals surface area contributed by atoms with Crippen LogP contribution < -0.4 is 0 Å². The Morgan fingerprint density at radius 3 is 2.70 bits per heavy atom. The molecular formula is C18H26N2O3. The molecule has 1 amide bonds. The lowest BCUT2D eigenvalue weighted by molar-refractivity contribution is 0.0134. The number of carbonyl (C=O) groups excluding carboxylic acids is 1. The number of likely N-dealkylation sites (tertiary alicyclic amines) is 1. The summed E-state index contributed by atoms with van der Waals surface area (Å²) >= 11 is 0. The van der Waals surface area contributed by atoms with Gasteiger partial charge in [-0.3, -0.25) is 4.90 Å². The van der Waals surface area contributed by atoms with Gasteiger partial charge >= 0.3 is 6.09 Å². The van der Waals surface area contributed by atoms with Gasteiger partial charge in [0.05, 0.1) is 13.2 Å². The van der Waals surface area contributed by atoms with Crippen LogP contribution in [0.3, 0.4) is 0 Å². The normalized spacial score (nSPS) is 22.8. The monoisotopic (exact) mass is 318 g/mol. The highest BCUT2D eigenvalue weighted by Crippen LogP contribution is 2.20. The highest BCUT2D eigenvalue weighted by molar-refractivity contribution is 5.68. The van der Waals surface area contributed by atoms with Crippen LogP contribution in [0.25, 0.3) is 0 Å². The molecule has 23 heavy (non-hydrogen) atoms. The first-order valence-corrected chi connectivity index (χ1v) is 8.60. The summed E-state index contributed by atoms with van der Waals surface area (Å²) in [4.78, 5) is 16.8. The summed E-state index contributed by atoms with van der Waals surface area (Å²) in [6, 6.07) is 10.1. The number of hydrogen-bond donors (Lipinski definition) is 0. The predicted molar refractivity (Wildman–Crippen MR) is 88.2 cm³/mol. The summed E-state index contributed by atoms with van der Waals surface area (Å²) in [5, 5.41) is 0. The predicted octanol–water partition coefficient (Wildman–Crippen LogP) is 2.51. The van der Waals surface area contributed by atoms with Crippen LogP contribution in [0.15, 0.2) is 30.3 Å². The third-order valence-electron chi connectivity index (χ3n) is 4.64. The highest BCUT2D eigenvalue weighted by atomic mass is 16.6. The van der Waals surface area contributed by atoms with Crippen molar-refractivity contribution in [3.8, 4) is 0 Å². The van der Waals surface area contributed by atoms with Crippen molar-refractivity contribution < 1.29 is 14.3 Å². The first-order chi connectivity index (χ1) is 11.3. The molecule has 0 aromatic heterocycles. The van der Waals surface area contributed by atoms with Crippen LogP contribution in [-0.4, -0.2) is 61.3 Å². The largest absolute Gasteiger partial charge is 0.445 e. The summed E-state index contributed by atoms with van der Waals surface area (Å²) in [7, 11) is 0. The average molecular weight is 318 g/mol. The molecule has 0 radical (unpaired) electrons. The van der Waals surface area contributed by atoms with Gasteiger partial charge in [0.1, 0.15) is 6.61 Å². The summed E-state index contributed by atoms with van der Waals surface area (Å²) < 4.78 is 10.9. The number of nitrogens with zero attached hydrogens (tertiary/aromatic N) is 2. The first kappa shape index (κ1) is 16.3. The van der Waals surface area contributed by atoms with E-state index in [0.717, 1.165) is 57.8 Å². The molecule has 1 atom stereocenters. The molecule has 3 rings (SSSR count). The molecule has 0 saturated carbocycles. The van der Waals surface area contributed by atoms with E-state index in [4.69, 9.17) is 9.47 Å². The van der Waals surface area contributed by atoms with E-state index in [9.17, 15) is 4.79 Å². The van der Waals surface area contributed by atoms with Gasteiger partial charge in [0.2, 0.25) is 0 Å². The number of hydrogen-bond acceptors (Lipinski definition) is 4. The molecule has 2 heterocycles. The number of piperidine rings is 1. The molecule has 5 nitrogen and oxygen atoms in total. The molecule has 2 fully saturated rings. The highest BCUT2D eigenvalue weighted by Gasteiger charge is 2.29. The molecular weight excluding hydrogens is 292 g/mol. The Morgan fingerprint density at radius 1 is 1.13 bits per heavy atom. The molecule has 0 spiro atoms. The van der Waals surface area contributed by atoms with Gasteiger partial charge in [-0.1, -0.05) is 30.3 Å². The zero-order chi connectivity index (χ0) is 15.9. The number of rotatable bonds is 4. The van der Waals surface area contributed by atoms with Crippen molar-refractivity contribution in [2.45, 2.75) is 31.9 Å². The minimum absolute atomic E-state index is 0.174. The van der Waals surface area contributed by atoms with Crippen LogP contribution in [0.4, 0.5) is 4.79 Å². The molecule has 0 aliphatic carbocycles. The van der Waals surface area contributed by atoms with E-state index in [0.29, 0.717) is 6.61 Å². The van der Waals surface area contributed by atoms with Crippen molar-refractivity contribution >= 4 is 6.09 Å². The lowest BCUT2D eigenvalue weighted by Gasteiger charge is -2.38. The van der Waals surface area contributed by atoms with Crippen molar-refractivity contribution in [1.29, 1.82) is 0 Å². The van der Waals surface area contributed by atoms with Gasteiger partial charge in [0, 0.05) is 32.2 Å². The quantitative estimate of drug-likeness (QED) is 0.855. The van der Waals surface area contributed by atoms with E-state index < -0.39 is 0 Å². The van der Waals surface area contributed by atoms with Crippen LogP contribution in [0, 0.1) is 0 Å². The van der Waals surface area contributed by atoms with Gasteiger partial charge in [-0.2, -0.15) is 0 Å². The van der Waals surface area contributed by atoms with Crippen LogP contribution in [-0.2, 0) is 16.1 Å². The Bertz CT molecular complexity index is 488. The van der Waals surface area contributed by atoms with E-state index in [1.807, 2.05) is 35.2 Å². The summed E-state index contributed by atoms with van der Waals surface area (Å²) in [5.74, 6) is 0. The molecule has 1 unspecified atom stereocenters. The van der Waals surface area contributed by atoms with Gasteiger partial charge in [0.15, 0.2) is 0 Å². The molecule has 2 saturated heterocycles. The second kappa shape index (κ2) is 8.31. The van der Waals surface area contributed by atoms with Crippen LogP contribution >= 0.6 is 0 Å². The van der Waals surface area contributed by atoms with Gasteiger partial charge in [-0.15, -0.1) is 0 Å². The maximum atomic E-state index is 12.5. The van der Waals surface area contributed by atoms with Crippen molar-refractivity contribution in [2.24, 2.45) is 0 Å². The van der Waals surface area contributed by atoms with Crippen molar-refractivity contribution in [3.05, 3.63) is 35.9 Å². The fourth-order valence-corrected chi connectivity index (χ4v) is 3.31. The van der Waals surface area contributed by atoms with Gasteiger partial charge in [-0.25, -0.2) is 4.79 Å². The van der Waals surface area contributed by atoms with Gasteiger partial charge < -0.3 is 14.4 Å². The summed E-state index contributed by atoms with van der Waals surface area (Å²) in [6.45, 7) is 5.61. The lowest BCUT2D eigenvalue weighted by atomic mass is 10.0. The van der Waals surface area contributed by atoms with Crippen molar-refractivity contribution in [2.75, 3.05) is 39.4 Å². The second-order valence-electron chi connectivity index (χ2n) is 6.30. The van der Waals surface area contributed by atoms with Crippen LogP contribution in [0.1, 0.15) is 24.8 Å². The molecule has 0 N–H and O–H groups in total. The van der Waals surface area contributed by atoms with Gasteiger partial charge in [0.25, 0.3) is 0 Å². The smallest absolute Gasteiger partial charge is 0.410 e. The topological polar surface area (TPSA) is 42.0 Å². The molecule has 5 heteroatoms. The molecule has 0 bridgehead atoms. The Labute approximate surface area is 138 Å². The fraction of sp³-hybridized carbons (Fsp3) is 0.611. The van der Waals surface area contributed by atoms with E-state index >= 15 is 0 Å². The number of amides is 1. The Hall–Kier alpha value is -1.59. The Morgan fingerprint density at radius 2 is 1.91 bits per heavy atom. The van der Waals surface area contributed by atoms with Crippen LogP contribution in [0.5, 0.6) is 0 Å². The molecule has 2 aliphatic rings. The number of morpholine rings is 1. The molecule has 1 aromatic carbocycles. The Balaban J connectivity index is 1.53. The first-order valence-electron chi connectivity index (χ1n) is 8.60. The molecule has 1 aromatic rings. The number of benzene rings is 1. The Kier molecular flexibility index (Phi) is 5.88. The fourth-order valence-electron chi connectivity index (χ4n) is 3.31. The van der Waals surface area contributed by atoms with Crippen LogP contribution in [0.2, 0.25) is 0 Å². The zero-order valence-electron chi connectivity index (χ0n) is 13.7.